The number of quaternary nitrogens is 2. The average Bonchev–Trinajstić information content (AvgIpc) is 2.58. The second-order valence-electron chi connectivity index (χ2n) is 6.15. The summed E-state index contributed by atoms with van der Waals surface area (Å²) in [5.41, 5.74) is 2.78. The maximum absolute atomic E-state index is 5.47. The van der Waals surface area contributed by atoms with Crippen LogP contribution in [-0.2, 0) is 13.1 Å². The molecule has 116 valence electrons. The summed E-state index contributed by atoms with van der Waals surface area (Å²) in [5.74, 6) is 1.02. The van der Waals surface area contributed by atoms with Crippen LogP contribution in [0.5, 0.6) is 5.75 Å². The molecule has 0 amide bonds. The quantitative estimate of drug-likeness (QED) is 0.806. The Hall–Kier alpha value is -1.84. The lowest BCUT2D eigenvalue weighted by Gasteiger charge is -2.30. The van der Waals surface area contributed by atoms with Gasteiger partial charge in [-0.3, -0.25) is 0 Å². The molecular formula is C19H26N2O+2. The predicted molar refractivity (Wildman–Crippen MR) is 88.2 cm³/mol. The summed E-state index contributed by atoms with van der Waals surface area (Å²) in [7, 11) is 1.76. The number of para-hydroxylation sites is 1. The summed E-state index contributed by atoms with van der Waals surface area (Å²) >= 11 is 0. The summed E-state index contributed by atoms with van der Waals surface area (Å²) in [5, 5.41) is 0. The summed E-state index contributed by atoms with van der Waals surface area (Å²) < 4.78 is 5.47. The SMILES string of the molecule is COc1ccccc1C[NH+]1CC[NH+](Cc2ccccc2)CC1. The highest BCUT2D eigenvalue weighted by Crippen LogP contribution is 2.15. The molecule has 0 atom stereocenters. The van der Waals surface area contributed by atoms with Gasteiger partial charge in [-0.05, 0) is 12.1 Å². The number of nitrogens with one attached hydrogen (secondary N) is 2. The van der Waals surface area contributed by atoms with Gasteiger partial charge in [-0.25, -0.2) is 0 Å². The van der Waals surface area contributed by atoms with E-state index in [1.54, 1.807) is 16.9 Å². The van der Waals surface area contributed by atoms with Crippen molar-refractivity contribution >= 4 is 0 Å². The highest BCUT2D eigenvalue weighted by molar-refractivity contribution is 5.32. The topological polar surface area (TPSA) is 18.1 Å². The highest BCUT2D eigenvalue weighted by atomic mass is 16.5. The van der Waals surface area contributed by atoms with Gasteiger partial charge in [0.05, 0.1) is 7.11 Å². The van der Waals surface area contributed by atoms with Crippen LogP contribution in [0.1, 0.15) is 11.1 Å². The monoisotopic (exact) mass is 298 g/mol. The van der Waals surface area contributed by atoms with Gasteiger partial charge in [0.2, 0.25) is 0 Å². The summed E-state index contributed by atoms with van der Waals surface area (Å²) in [4.78, 5) is 3.37. The van der Waals surface area contributed by atoms with Crippen LogP contribution in [0.4, 0.5) is 0 Å². The number of rotatable bonds is 5. The zero-order valence-electron chi connectivity index (χ0n) is 13.3. The first-order valence-corrected chi connectivity index (χ1v) is 8.18. The highest BCUT2D eigenvalue weighted by Gasteiger charge is 2.23. The Morgan fingerprint density at radius 1 is 0.773 bits per heavy atom. The van der Waals surface area contributed by atoms with Crippen LogP contribution in [0.2, 0.25) is 0 Å². The van der Waals surface area contributed by atoms with E-state index in [4.69, 9.17) is 4.74 Å². The summed E-state index contributed by atoms with van der Waals surface area (Å²) in [6.07, 6.45) is 0. The van der Waals surface area contributed by atoms with Crippen LogP contribution in [0.25, 0.3) is 0 Å². The molecule has 1 aliphatic rings. The first-order valence-electron chi connectivity index (χ1n) is 8.18. The standard InChI is InChI=1S/C19H24N2O/c1-22-19-10-6-5-9-18(19)16-21-13-11-20(12-14-21)15-17-7-3-2-4-8-17/h2-10H,11-16H2,1H3/p+2. The summed E-state index contributed by atoms with van der Waals surface area (Å²) in [6.45, 7) is 7.20. The maximum Gasteiger partial charge on any atom is 0.127 e. The van der Waals surface area contributed by atoms with Gasteiger partial charge in [-0.15, -0.1) is 0 Å². The van der Waals surface area contributed by atoms with Gasteiger partial charge in [0.25, 0.3) is 0 Å². The Bertz CT molecular complexity index is 577. The molecule has 1 saturated heterocycles. The molecule has 2 aromatic rings. The normalized spacial score (nSPS) is 21.5. The van der Waals surface area contributed by atoms with Gasteiger partial charge in [0.1, 0.15) is 45.0 Å². The van der Waals surface area contributed by atoms with Gasteiger partial charge in [-0.2, -0.15) is 0 Å². The molecule has 0 spiro atoms. The fourth-order valence-electron chi connectivity index (χ4n) is 3.31. The van der Waals surface area contributed by atoms with E-state index in [1.165, 1.54) is 37.3 Å². The molecule has 0 radical (unpaired) electrons. The number of piperazine rings is 1. The molecule has 0 aromatic heterocycles. The molecule has 1 fully saturated rings. The van der Waals surface area contributed by atoms with E-state index >= 15 is 0 Å². The number of methoxy groups -OCH3 is 1. The minimum absolute atomic E-state index is 1.02. The van der Waals surface area contributed by atoms with E-state index < -0.39 is 0 Å². The van der Waals surface area contributed by atoms with Crippen molar-refractivity contribution in [2.45, 2.75) is 13.1 Å². The fourth-order valence-corrected chi connectivity index (χ4v) is 3.31. The minimum Gasteiger partial charge on any atom is -0.496 e. The van der Waals surface area contributed by atoms with Crippen molar-refractivity contribution in [2.75, 3.05) is 33.3 Å². The number of ether oxygens (including phenoxy) is 1. The molecule has 0 bridgehead atoms. The molecule has 1 aliphatic heterocycles. The van der Waals surface area contributed by atoms with Crippen LogP contribution in [0, 0.1) is 0 Å². The minimum atomic E-state index is 1.02. The van der Waals surface area contributed by atoms with E-state index in [0.717, 1.165) is 18.8 Å². The van der Waals surface area contributed by atoms with Gasteiger partial charge < -0.3 is 14.5 Å². The largest absolute Gasteiger partial charge is 0.496 e. The van der Waals surface area contributed by atoms with Crippen LogP contribution < -0.4 is 14.5 Å². The fraction of sp³-hybridized carbons (Fsp3) is 0.368. The number of benzene rings is 2. The second kappa shape index (κ2) is 7.43. The van der Waals surface area contributed by atoms with Crippen LogP contribution in [-0.4, -0.2) is 33.3 Å². The average molecular weight is 298 g/mol. The van der Waals surface area contributed by atoms with Crippen molar-refractivity contribution in [1.82, 2.24) is 0 Å². The number of hydrogen-bond donors (Lipinski definition) is 2. The Morgan fingerprint density at radius 3 is 2.05 bits per heavy atom. The van der Waals surface area contributed by atoms with Crippen molar-refractivity contribution in [1.29, 1.82) is 0 Å². The lowest BCUT2D eigenvalue weighted by Crippen LogP contribution is -3.27. The van der Waals surface area contributed by atoms with E-state index in [0.29, 0.717) is 0 Å². The molecular weight excluding hydrogens is 272 g/mol. The first kappa shape index (κ1) is 15.1. The van der Waals surface area contributed by atoms with Crippen molar-refractivity contribution < 1.29 is 14.5 Å². The lowest BCUT2D eigenvalue weighted by atomic mass is 10.1. The third-order valence-electron chi connectivity index (χ3n) is 4.59. The number of hydrogen-bond acceptors (Lipinski definition) is 1. The predicted octanol–water partition coefficient (Wildman–Crippen LogP) is 0.179. The van der Waals surface area contributed by atoms with Gasteiger partial charge >= 0.3 is 0 Å². The molecule has 3 heteroatoms. The molecule has 3 nitrogen and oxygen atoms in total. The van der Waals surface area contributed by atoms with Crippen LogP contribution in [0.15, 0.2) is 54.6 Å². The van der Waals surface area contributed by atoms with Crippen LogP contribution >= 0.6 is 0 Å². The molecule has 2 N–H and O–H groups in total. The smallest absolute Gasteiger partial charge is 0.127 e. The van der Waals surface area contributed by atoms with Crippen molar-refractivity contribution in [3.05, 3.63) is 65.7 Å². The van der Waals surface area contributed by atoms with E-state index in [9.17, 15) is 0 Å². The molecule has 3 rings (SSSR count). The molecule has 0 saturated carbocycles. The van der Waals surface area contributed by atoms with E-state index in [1.807, 2.05) is 6.07 Å². The lowest BCUT2D eigenvalue weighted by molar-refractivity contribution is -1.02. The Labute approximate surface area is 133 Å². The van der Waals surface area contributed by atoms with Crippen molar-refractivity contribution in [3.8, 4) is 5.75 Å². The Morgan fingerprint density at radius 2 is 1.36 bits per heavy atom. The third kappa shape index (κ3) is 3.87. The zero-order valence-corrected chi connectivity index (χ0v) is 13.3. The maximum atomic E-state index is 5.47. The van der Waals surface area contributed by atoms with Gasteiger partial charge in [-0.1, -0.05) is 42.5 Å². The van der Waals surface area contributed by atoms with Crippen molar-refractivity contribution in [2.24, 2.45) is 0 Å². The van der Waals surface area contributed by atoms with Gasteiger partial charge in [0.15, 0.2) is 0 Å². The Kier molecular flexibility index (Phi) is 5.09. The molecule has 0 aliphatic carbocycles. The zero-order chi connectivity index (χ0) is 15.2. The Balaban J connectivity index is 1.51. The second-order valence-corrected chi connectivity index (χ2v) is 6.15. The third-order valence-corrected chi connectivity index (χ3v) is 4.59. The van der Waals surface area contributed by atoms with Crippen molar-refractivity contribution in [3.63, 3.8) is 0 Å². The molecule has 2 aromatic carbocycles. The van der Waals surface area contributed by atoms with E-state index in [2.05, 4.69) is 48.5 Å². The van der Waals surface area contributed by atoms with E-state index in [-0.39, 0.29) is 0 Å². The molecule has 0 unspecified atom stereocenters. The first-order chi connectivity index (χ1) is 10.8. The van der Waals surface area contributed by atoms with Gasteiger partial charge in [0, 0.05) is 11.1 Å². The molecule has 22 heavy (non-hydrogen) atoms. The molecule has 1 heterocycles. The summed E-state index contributed by atoms with van der Waals surface area (Å²) in [6, 6.07) is 19.2. The van der Waals surface area contributed by atoms with Crippen LogP contribution in [0.3, 0.4) is 0 Å².